The van der Waals surface area contributed by atoms with Crippen LogP contribution in [0.15, 0.2) is 0 Å². The standard InChI is InChI=1S/C10H16F3N3S/c1-3-4-5-6-7(2)14-9-15-8(16-17-9)10(11,12)13/h7H,3-6H2,1-2H3,(H,14,15,16). The van der Waals surface area contributed by atoms with Gasteiger partial charge < -0.3 is 5.32 Å². The molecule has 0 saturated heterocycles. The number of alkyl halides is 3. The highest BCUT2D eigenvalue weighted by molar-refractivity contribution is 7.09. The number of nitrogens with zero attached hydrogens (tertiary/aromatic N) is 2. The summed E-state index contributed by atoms with van der Waals surface area (Å²) < 4.78 is 40.0. The van der Waals surface area contributed by atoms with E-state index in [-0.39, 0.29) is 11.2 Å². The number of hydrogen-bond donors (Lipinski definition) is 1. The van der Waals surface area contributed by atoms with Crippen molar-refractivity contribution in [3.05, 3.63) is 5.82 Å². The van der Waals surface area contributed by atoms with E-state index in [4.69, 9.17) is 0 Å². The maximum absolute atomic E-state index is 12.2. The highest BCUT2D eigenvalue weighted by atomic mass is 32.1. The van der Waals surface area contributed by atoms with Crippen LogP contribution in [0.5, 0.6) is 0 Å². The summed E-state index contributed by atoms with van der Waals surface area (Å²) in [5.41, 5.74) is 0. The van der Waals surface area contributed by atoms with Crippen LogP contribution in [0, 0.1) is 0 Å². The lowest BCUT2D eigenvalue weighted by Gasteiger charge is -2.11. The number of hydrogen-bond acceptors (Lipinski definition) is 4. The third-order valence-electron chi connectivity index (χ3n) is 2.29. The van der Waals surface area contributed by atoms with E-state index in [0.717, 1.165) is 37.2 Å². The Labute approximate surface area is 103 Å². The molecule has 7 heteroatoms. The molecule has 0 aliphatic rings. The molecule has 3 nitrogen and oxygen atoms in total. The van der Waals surface area contributed by atoms with E-state index in [9.17, 15) is 13.2 Å². The number of aromatic nitrogens is 2. The van der Waals surface area contributed by atoms with Crippen molar-refractivity contribution in [3.63, 3.8) is 0 Å². The van der Waals surface area contributed by atoms with Crippen LogP contribution in [0.2, 0.25) is 0 Å². The van der Waals surface area contributed by atoms with Crippen LogP contribution < -0.4 is 5.32 Å². The Kier molecular flexibility index (Phi) is 5.17. The van der Waals surface area contributed by atoms with E-state index in [2.05, 4.69) is 21.6 Å². The molecule has 1 aromatic rings. The minimum atomic E-state index is -4.46. The van der Waals surface area contributed by atoms with Crippen molar-refractivity contribution in [2.45, 2.75) is 51.7 Å². The zero-order valence-electron chi connectivity index (χ0n) is 9.84. The second-order valence-electron chi connectivity index (χ2n) is 3.96. The molecule has 0 aromatic carbocycles. The molecule has 17 heavy (non-hydrogen) atoms. The van der Waals surface area contributed by atoms with Gasteiger partial charge in [-0.2, -0.15) is 22.5 Å². The van der Waals surface area contributed by atoms with Crippen molar-refractivity contribution in [3.8, 4) is 0 Å². The van der Waals surface area contributed by atoms with Crippen molar-refractivity contribution in [1.29, 1.82) is 0 Å². The molecule has 0 bridgehead atoms. The molecule has 0 fully saturated rings. The molecule has 98 valence electrons. The summed E-state index contributed by atoms with van der Waals surface area (Å²) in [5, 5.41) is 3.18. The first-order valence-corrected chi connectivity index (χ1v) is 6.38. The van der Waals surface area contributed by atoms with Crippen LogP contribution >= 0.6 is 11.5 Å². The third kappa shape index (κ3) is 4.89. The van der Waals surface area contributed by atoms with Gasteiger partial charge in [-0.1, -0.05) is 26.2 Å². The molecule has 0 spiro atoms. The Morgan fingerprint density at radius 2 is 2.06 bits per heavy atom. The van der Waals surface area contributed by atoms with E-state index in [1.807, 2.05) is 6.92 Å². The molecule has 1 atom stereocenters. The fraction of sp³-hybridized carbons (Fsp3) is 0.800. The fourth-order valence-electron chi connectivity index (χ4n) is 1.38. The van der Waals surface area contributed by atoms with Crippen molar-refractivity contribution in [2.24, 2.45) is 0 Å². The average Bonchev–Trinajstić information content (AvgIpc) is 2.66. The van der Waals surface area contributed by atoms with Crippen molar-refractivity contribution in [2.75, 3.05) is 5.32 Å². The number of halogens is 3. The van der Waals surface area contributed by atoms with E-state index in [1.165, 1.54) is 0 Å². The molecule has 0 radical (unpaired) electrons. The van der Waals surface area contributed by atoms with Crippen LogP contribution in [0.4, 0.5) is 18.3 Å². The van der Waals surface area contributed by atoms with Gasteiger partial charge in [-0.25, -0.2) is 0 Å². The maximum Gasteiger partial charge on any atom is 0.452 e. The Balaban J connectivity index is 2.43. The number of anilines is 1. The highest BCUT2D eigenvalue weighted by Crippen LogP contribution is 2.29. The topological polar surface area (TPSA) is 37.8 Å². The molecule has 0 amide bonds. The van der Waals surface area contributed by atoms with Crippen LogP contribution in [-0.2, 0) is 6.18 Å². The Morgan fingerprint density at radius 1 is 1.35 bits per heavy atom. The van der Waals surface area contributed by atoms with E-state index in [0.29, 0.717) is 0 Å². The smallest absolute Gasteiger partial charge is 0.358 e. The summed E-state index contributed by atoms with van der Waals surface area (Å²) in [6, 6.07) is 0.121. The van der Waals surface area contributed by atoms with Crippen LogP contribution in [-0.4, -0.2) is 15.4 Å². The predicted molar refractivity (Wildman–Crippen MR) is 62.1 cm³/mol. The first kappa shape index (κ1) is 14.2. The molecule has 1 N–H and O–H groups in total. The second kappa shape index (κ2) is 6.18. The van der Waals surface area contributed by atoms with Gasteiger partial charge in [0.05, 0.1) is 0 Å². The average molecular weight is 267 g/mol. The van der Waals surface area contributed by atoms with Gasteiger partial charge in [-0.15, -0.1) is 0 Å². The maximum atomic E-state index is 12.2. The van der Waals surface area contributed by atoms with Gasteiger partial charge in [0.15, 0.2) is 0 Å². The van der Waals surface area contributed by atoms with Crippen LogP contribution in [0.1, 0.15) is 45.4 Å². The first-order valence-electron chi connectivity index (χ1n) is 5.61. The molecule has 1 unspecified atom stereocenters. The lowest BCUT2D eigenvalue weighted by Crippen LogP contribution is -2.15. The molecule has 1 aromatic heterocycles. The lowest BCUT2D eigenvalue weighted by molar-refractivity contribution is -0.144. The fourth-order valence-corrected chi connectivity index (χ4v) is 2.08. The largest absolute Gasteiger partial charge is 0.452 e. The van der Waals surface area contributed by atoms with Gasteiger partial charge in [0.1, 0.15) is 0 Å². The Hall–Kier alpha value is -0.850. The third-order valence-corrected chi connectivity index (χ3v) is 2.94. The minimum Gasteiger partial charge on any atom is -0.358 e. The minimum absolute atomic E-state index is 0.121. The monoisotopic (exact) mass is 267 g/mol. The van der Waals surface area contributed by atoms with Crippen molar-refractivity contribution in [1.82, 2.24) is 9.36 Å². The zero-order valence-corrected chi connectivity index (χ0v) is 10.7. The molecular formula is C10H16F3N3S. The van der Waals surface area contributed by atoms with Crippen molar-refractivity contribution >= 4 is 16.7 Å². The van der Waals surface area contributed by atoms with Gasteiger partial charge in [0.25, 0.3) is 0 Å². The number of nitrogens with one attached hydrogen (secondary N) is 1. The van der Waals surface area contributed by atoms with Gasteiger partial charge in [-0.05, 0) is 13.3 Å². The number of unbranched alkanes of at least 4 members (excludes halogenated alkanes) is 2. The van der Waals surface area contributed by atoms with Gasteiger partial charge in [-0.3, -0.25) is 0 Å². The summed E-state index contributed by atoms with van der Waals surface area (Å²) >= 11 is 0.752. The second-order valence-corrected chi connectivity index (χ2v) is 4.71. The van der Waals surface area contributed by atoms with Gasteiger partial charge in [0.2, 0.25) is 11.0 Å². The molecule has 0 saturated carbocycles. The normalized spacial score (nSPS) is 13.7. The van der Waals surface area contributed by atoms with Crippen LogP contribution in [0.25, 0.3) is 0 Å². The summed E-state index contributed by atoms with van der Waals surface area (Å²) in [6.07, 6.45) is -0.202. The molecule has 0 aliphatic carbocycles. The van der Waals surface area contributed by atoms with Crippen molar-refractivity contribution < 1.29 is 13.2 Å². The Bertz CT molecular complexity index is 338. The quantitative estimate of drug-likeness (QED) is 0.793. The SMILES string of the molecule is CCCCCC(C)Nc1nc(C(F)(F)F)ns1. The molecule has 0 aliphatic heterocycles. The highest BCUT2D eigenvalue weighted by Gasteiger charge is 2.36. The van der Waals surface area contributed by atoms with Gasteiger partial charge >= 0.3 is 6.18 Å². The number of rotatable bonds is 6. The summed E-state index contributed by atoms with van der Waals surface area (Å²) in [6.45, 7) is 4.04. The van der Waals surface area contributed by atoms with E-state index in [1.54, 1.807) is 0 Å². The van der Waals surface area contributed by atoms with Crippen LogP contribution in [0.3, 0.4) is 0 Å². The van der Waals surface area contributed by atoms with E-state index >= 15 is 0 Å². The summed E-state index contributed by atoms with van der Waals surface area (Å²) in [5.74, 6) is -1.06. The molecule has 1 heterocycles. The van der Waals surface area contributed by atoms with E-state index < -0.39 is 12.0 Å². The zero-order chi connectivity index (χ0) is 12.9. The summed E-state index contributed by atoms with van der Waals surface area (Å²) in [7, 11) is 0. The molecular weight excluding hydrogens is 251 g/mol. The summed E-state index contributed by atoms with van der Waals surface area (Å²) in [4.78, 5) is 3.42. The molecule has 1 rings (SSSR count). The predicted octanol–water partition coefficient (Wildman–Crippen LogP) is 3.94. The Morgan fingerprint density at radius 3 is 2.59 bits per heavy atom. The lowest BCUT2D eigenvalue weighted by atomic mass is 10.1. The first-order chi connectivity index (χ1) is 7.93. The van der Waals surface area contributed by atoms with Gasteiger partial charge in [0, 0.05) is 17.6 Å².